The van der Waals surface area contributed by atoms with E-state index in [0.29, 0.717) is 6.61 Å². The normalized spacial score (nSPS) is 16.6. The van der Waals surface area contributed by atoms with Gasteiger partial charge in [0, 0.05) is 32.4 Å². The molecule has 0 radical (unpaired) electrons. The molecule has 0 saturated carbocycles. The summed E-state index contributed by atoms with van der Waals surface area (Å²) in [5, 5.41) is 3.41. The first-order chi connectivity index (χ1) is 11.8. The number of aromatic nitrogens is 1. The van der Waals surface area contributed by atoms with E-state index in [1.165, 1.54) is 5.56 Å². The zero-order valence-electron chi connectivity index (χ0n) is 14.4. The van der Waals surface area contributed by atoms with Crippen molar-refractivity contribution in [2.45, 2.75) is 13.0 Å². The molecule has 1 saturated heterocycles. The molecule has 1 aliphatic rings. The number of piperazine rings is 1. The van der Waals surface area contributed by atoms with Gasteiger partial charge in [0.2, 0.25) is 0 Å². The van der Waals surface area contributed by atoms with Crippen molar-refractivity contribution >= 4 is 0 Å². The first-order valence-electron chi connectivity index (χ1n) is 8.50. The second-order valence-corrected chi connectivity index (χ2v) is 5.79. The summed E-state index contributed by atoms with van der Waals surface area (Å²) in [6.45, 7) is 6.59. The second-order valence-electron chi connectivity index (χ2n) is 5.79. The molecule has 128 valence electrons. The lowest BCUT2D eigenvalue weighted by Gasteiger charge is -2.35. The molecular weight excluding hydrogens is 302 g/mol. The predicted octanol–water partition coefficient (Wildman–Crippen LogP) is 2.48. The van der Waals surface area contributed by atoms with Crippen LogP contribution in [0.3, 0.4) is 0 Å². The van der Waals surface area contributed by atoms with Crippen LogP contribution in [0.5, 0.6) is 11.5 Å². The van der Waals surface area contributed by atoms with Crippen molar-refractivity contribution in [2.75, 3.05) is 39.9 Å². The van der Waals surface area contributed by atoms with Gasteiger partial charge in [-0.05, 0) is 36.8 Å². The van der Waals surface area contributed by atoms with Crippen molar-refractivity contribution in [3.63, 3.8) is 0 Å². The molecule has 5 nitrogen and oxygen atoms in total. The van der Waals surface area contributed by atoms with E-state index >= 15 is 0 Å². The van der Waals surface area contributed by atoms with Gasteiger partial charge >= 0.3 is 0 Å². The lowest BCUT2D eigenvalue weighted by Crippen LogP contribution is -2.45. The van der Waals surface area contributed by atoms with Crippen LogP contribution in [0.4, 0.5) is 0 Å². The summed E-state index contributed by atoms with van der Waals surface area (Å²) in [5.41, 5.74) is 2.24. The number of hydrogen-bond donors (Lipinski definition) is 1. The largest absolute Gasteiger partial charge is 0.493 e. The highest BCUT2D eigenvalue weighted by atomic mass is 16.5. The second kappa shape index (κ2) is 8.13. The molecule has 3 rings (SSSR count). The molecule has 1 N–H and O–H groups in total. The summed E-state index contributed by atoms with van der Waals surface area (Å²) in [5.74, 6) is 1.55. The molecule has 1 fully saturated rings. The van der Waals surface area contributed by atoms with Crippen LogP contribution in [-0.2, 0) is 0 Å². The van der Waals surface area contributed by atoms with Gasteiger partial charge in [-0.1, -0.05) is 12.1 Å². The number of nitrogens with one attached hydrogen (secondary N) is 1. The van der Waals surface area contributed by atoms with Gasteiger partial charge in [-0.25, -0.2) is 0 Å². The minimum atomic E-state index is 0.123. The maximum absolute atomic E-state index is 5.65. The highest BCUT2D eigenvalue weighted by molar-refractivity contribution is 5.45. The van der Waals surface area contributed by atoms with Gasteiger partial charge in [0.1, 0.15) is 0 Å². The molecule has 1 aromatic carbocycles. The van der Waals surface area contributed by atoms with E-state index in [1.807, 2.05) is 31.3 Å². The molecule has 24 heavy (non-hydrogen) atoms. The zero-order chi connectivity index (χ0) is 16.8. The molecule has 1 unspecified atom stereocenters. The molecule has 2 heterocycles. The molecule has 0 spiro atoms. The Hall–Kier alpha value is -2.11. The zero-order valence-corrected chi connectivity index (χ0v) is 14.4. The van der Waals surface area contributed by atoms with Gasteiger partial charge < -0.3 is 14.8 Å². The van der Waals surface area contributed by atoms with E-state index < -0.39 is 0 Å². The number of rotatable bonds is 6. The van der Waals surface area contributed by atoms with Crippen LogP contribution in [0.15, 0.2) is 42.6 Å². The first-order valence-corrected chi connectivity index (χ1v) is 8.50. The van der Waals surface area contributed by atoms with Gasteiger partial charge in [-0.3, -0.25) is 9.88 Å². The van der Waals surface area contributed by atoms with E-state index in [-0.39, 0.29) is 6.04 Å². The van der Waals surface area contributed by atoms with Crippen molar-refractivity contribution in [1.82, 2.24) is 15.2 Å². The lowest BCUT2D eigenvalue weighted by atomic mass is 10.00. The highest BCUT2D eigenvalue weighted by Gasteiger charge is 2.25. The topological polar surface area (TPSA) is 46.6 Å². The van der Waals surface area contributed by atoms with Crippen LogP contribution in [0.25, 0.3) is 0 Å². The summed E-state index contributed by atoms with van der Waals surface area (Å²) in [4.78, 5) is 7.08. The molecule has 2 aromatic rings. The minimum Gasteiger partial charge on any atom is -0.493 e. The molecule has 1 aliphatic heterocycles. The Balaban J connectivity index is 1.98. The van der Waals surface area contributed by atoms with Crippen molar-refractivity contribution < 1.29 is 9.47 Å². The van der Waals surface area contributed by atoms with E-state index in [2.05, 4.69) is 33.4 Å². The van der Waals surface area contributed by atoms with E-state index in [1.54, 1.807) is 7.11 Å². The van der Waals surface area contributed by atoms with Gasteiger partial charge in [0.15, 0.2) is 11.5 Å². The van der Waals surface area contributed by atoms with Crippen LogP contribution in [0.2, 0.25) is 0 Å². The monoisotopic (exact) mass is 327 g/mol. The van der Waals surface area contributed by atoms with Gasteiger partial charge in [-0.15, -0.1) is 0 Å². The maximum Gasteiger partial charge on any atom is 0.161 e. The molecule has 5 heteroatoms. The summed E-state index contributed by atoms with van der Waals surface area (Å²) < 4.78 is 11.2. The van der Waals surface area contributed by atoms with Crippen LogP contribution in [0, 0.1) is 0 Å². The number of hydrogen-bond acceptors (Lipinski definition) is 5. The van der Waals surface area contributed by atoms with Gasteiger partial charge in [0.25, 0.3) is 0 Å². The number of pyridine rings is 1. The van der Waals surface area contributed by atoms with Gasteiger partial charge in [-0.2, -0.15) is 0 Å². The summed E-state index contributed by atoms with van der Waals surface area (Å²) in [7, 11) is 1.68. The third kappa shape index (κ3) is 3.68. The average molecular weight is 327 g/mol. The standard InChI is InChI=1S/C19H25N3O2/c1-3-24-17-8-7-15(14-18(17)23-2)19(16-6-4-5-9-21-16)22-12-10-20-11-13-22/h4-9,14,19-20H,3,10-13H2,1-2H3. The van der Waals surface area contributed by atoms with Crippen molar-refractivity contribution in [1.29, 1.82) is 0 Å². The van der Waals surface area contributed by atoms with Crippen molar-refractivity contribution in [2.24, 2.45) is 0 Å². The molecular formula is C19H25N3O2. The number of nitrogens with zero attached hydrogens (tertiary/aromatic N) is 2. The molecule has 1 atom stereocenters. The average Bonchev–Trinajstić information content (AvgIpc) is 2.65. The Bertz CT molecular complexity index is 642. The fourth-order valence-electron chi connectivity index (χ4n) is 3.18. The first kappa shape index (κ1) is 16.7. The molecule has 0 amide bonds. The Morgan fingerprint density at radius 2 is 2.00 bits per heavy atom. The predicted molar refractivity (Wildman–Crippen MR) is 94.7 cm³/mol. The summed E-state index contributed by atoms with van der Waals surface area (Å²) >= 11 is 0. The van der Waals surface area contributed by atoms with Crippen LogP contribution in [0.1, 0.15) is 24.2 Å². The Morgan fingerprint density at radius 1 is 1.17 bits per heavy atom. The van der Waals surface area contributed by atoms with E-state index in [4.69, 9.17) is 9.47 Å². The minimum absolute atomic E-state index is 0.123. The molecule has 1 aromatic heterocycles. The highest BCUT2D eigenvalue weighted by Crippen LogP contribution is 2.34. The lowest BCUT2D eigenvalue weighted by molar-refractivity contribution is 0.195. The van der Waals surface area contributed by atoms with Crippen LogP contribution in [-0.4, -0.2) is 49.8 Å². The quantitative estimate of drug-likeness (QED) is 0.883. The smallest absolute Gasteiger partial charge is 0.161 e. The van der Waals surface area contributed by atoms with Crippen molar-refractivity contribution in [3.05, 3.63) is 53.9 Å². The fraction of sp³-hybridized carbons (Fsp3) is 0.421. The summed E-state index contributed by atoms with van der Waals surface area (Å²) in [6.07, 6.45) is 1.86. The third-order valence-corrected chi connectivity index (χ3v) is 4.29. The third-order valence-electron chi connectivity index (χ3n) is 4.29. The molecule has 0 aliphatic carbocycles. The summed E-state index contributed by atoms with van der Waals surface area (Å²) in [6, 6.07) is 12.4. The van der Waals surface area contributed by atoms with Crippen LogP contribution < -0.4 is 14.8 Å². The number of methoxy groups -OCH3 is 1. The van der Waals surface area contributed by atoms with Crippen LogP contribution >= 0.6 is 0 Å². The fourth-order valence-corrected chi connectivity index (χ4v) is 3.18. The van der Waals surface area contributed by atoms with Crippen molar-refractivity contribution in [3.8, 4) is 11.5 Å². The Morgan fingerprint density at radius 3 is 2.67 bits per heavy atom. The number of benzene rings is 1. The Kier molecular flexibility index (Phi) is 5.67. The molecule has 0 bridgehead atoms. The Labute approximate surface area is 143 Å². The number of ether oxygens (including phenoxy) is 2. The van der Waals surface area contributed by atoms with E-state index in [0.717, 1.165) is 43.4 Å². The maximum atomic E-state index is 5.65. The van der Waals surface area contributed by atoms with E-state index in [9.17, 15) is 0 Å². The SMILES string of the molecule is CCOc1ccc(C(c2ccccn2)N2CCNCC2)cc1OC. The van der Waals surface area contributed by atoms with Gasteiger partial charge in [0.05, 0.1) is 25.5 Å².